The van der Waals surface area contributed by atoms with Crippen LogP contribution in [0, 0.1) is 0 Å². The van der Waals surface area contributed by atoms with Gasteiger partial charge in [-0.3, -0.25) is 0 Å². The number of hydrogen-bond acceptors (Lipinski definition) is 4. The molecule has 0 fully saturated rings. The molecule has 220 valence electrons. The van der Waals surface area contributed by atoms with Gasteiger partial charge in [-0.1, -0.05) is 125 Å². The van der Waals surface area contributed by atoms with Crippen LogP contribution >= 0.6 is 22.7 Å². The maximum Gasteiger partial charge on any atom is 0.174 e. The minimum Gasteiger partial charge on any atom is -0.484 e. The van der Waals surface area contributed by atoms with Crippen LogP contribution in [0.15, 0.2) is 60.7 Å². The monoisotopic (exact) mass is 596 g/mol. The molecule has 0 N–H and O–H groups in total. The lowest BCUT2D eigenvalue weighted by molar-refractivity contribution is 0.313. The molecular weight excluding hydrogens is 553 g/mol. The van der Waals surface area contributed by atoms with E-state index < -0.39 is 0 Å². The van der Waals surface area contributed by atoms with E-state index in [0.717, 1.165) is 36.2 Å². The molecule has 6 rings (SSSR count). The summed E-state index contributed by atoms with van der Waals surface area (Å²) >= 11 is 3.56. The first-order valence-corrected chi connectivity index (χ1v) is 17.9. The van der Waals surface area contributed by atoms with Crippen molar-refractivity contribution in [2.75, 3.05) is 13.2 Å². The Morgan fingerprint density at radius 2 is 0.857 bits per heavy atom. The van der Waals surface area contributed by atoms with E-state index in [2.05, 4.69) is 74.5 Å². The predicted molar refractivity (Wildman–Crippen MR) is 187 cm³/mol. The molecule has 0 saturated carbocycles. The average Bonchev–Trinajstić information content (AvgIpc) is 3.59. The fourth-order valence-corrected chi connectivity index (χ4v) is 8.07. The van der Waals surface area contributed by atoms with Gasteiger partial charge in [0.05, 0.1) is 13.2 Å². The smallest absolute Gasteiger partial charge is 0.174 e. The van der Waals surface area contributed by atoms with Gasteiger partial charge in [-0.15, -0.1) is 0 Å². The summed E-state index contributed by atoms with van der Waals surface area (Å²) in [7, 11) is 0. The SMILES string of the molecule is CCCCCCCCOc1cc2cc3ccc4c5cc6sc(OCCCCCCCC)cc6cc5ccc4c3cc2s1. The number of benzene rings is 4. The predicted octanol–water partition coefficient (Wildman–Crippen LogP) is 13.1. The standard InChI is InChI=1S/C38H44O2S2/c1-3-5-7-9-11-13-19-39-37-23-29-21-27-15-17-32-31(33(27)25-35(29)41-37)18-16-28-22-30-24-38(42-36(30)26-34(28)32)40-20-14-12-10-8-6-4-2/h15-18,21-26H,3-14,19-20H2,1-2H3. The summed E-state index contributed by atoms with van der Waals surface area (Å²) in [5, 5.41) is 12.5. The molecular formula is C38H44O2S2. The lowest BCUT2D eigenvalue weighted by Crippen LogP contribution is -1.95. The van der Waals surface area contributed by atoms with E-state index in [1.807, 2.05) is 0 Å². The van der Waals surface area contributed by atoms with Crippen LogP contribution in [0.5, 0.6) is 10.1 Å². The first kappa shape index (κ1) is 29.3. The molecule has 0 aliphatic carbocycles. The summed E-state index contributed by atoms with van der Waals surface area (Å²) in [4.78, 5) is 0. The van der Waals surface area contributed by atoms with Crippen molar-refractivity contribution in [3.63, 3.8) is 0 Å². The Morgan fingerprint density at radius 1 is 0.429 bits per heavy atom. The van der Waals surface area contributed by atoms with Gasteiger partial charge < -0.3 is 9.47 Å². The van der Waals surface area contributed by atoms with Crippen LogP contribution in [-0.4, -0.2) is 13.2 Å². The average molecular weight is 597 g/mol. The van der Waals surface area contributed by atoms with Crippen molar-refractivity contribution < 1.29 is 9.47 Å². The molecule has 0 aliphatic rings. The molecule has 2 aromatic heterocycles. The number of rotatable bonds is 16. The van der Waals surface area contributed by atoms with Gasteiger partial charge in [0.25, 0.3) is 0 Å². The van der Waals surface area contributed by atoms with Crippen LogP contribution in [0.4, 0.5) is 0 Å². The minimum atomic E-state index is 0.816. The van der Waals surface area contributed by atoms with Crippen LogP contribution in [-0.2, 0) is 0 Å². The molecule has 42 heavy (non-hydrogen) atoms. The van der Waals surface area contributed by atoms with Gasteiger partial charge >= 0.3 is 0 Å². The van der Waals surface area contributed by atoms with E-state index in [0.29, 0.717) is 0 Å². The lowest BCUT2D eigenvalue weighted by atomic mass is 9.96. The summed E-state index contributed by atoms with van der Waals surface area (Å²) in [6.07, 6.45) is 15.4. The zero-order chi connectivity index (χ0) is 28.7. The van der Waals surface area contributed by atoms with Crippen molar-refractivity contribution in [3.8, 4) is 10.1 Å². The van der Waals surface area contributed by atoms with Gasteiger partial charge in [0.2, 0.25) is 0 Å². The molecule has 0 bridgehead atoms. The molecule has 0 saturated heterocycles. The van der Waals surface area contributed by atoms with Gasteiger partial charge in [-0.25, -0.2) is 0 Å². The van der Waals surface area contributed by atoms with Gasteiger partial charge in [0.15, 0.2) is 10.1 Å². The van der Waals surface area contributed by atoms with E-state index >= 15 is 0 Å². The Bertz CT molecular complexity index is 1650. The van der Waals surface area contributed by atoms with Crippen LogP contribution < -0.4 is 9.47 Å². The zero-order valence-corrected chi connectivity index (χ0v) is 26.9. The van der Waals surface area contributed by atoms with Crippen molar-refractivity contribution in [1.82, 2.24) is 0 Å². The summed E-state index contributed by atoms with van der Waals surface area (Å²) in [6.45, 7) is 6.17. The summed E-state index contributed by atoms with van der Waals surface area (Å²) in [5.74, 6) is 0. The first-order valence-electron chi connectivity index (χ1n) is 16.3. The molecule has 0 spiro atoms. The van der Waals surface area contributed by atoms with Crippen LogP contribution in [0.1, 0.15) is 90.9 Å². The second kappa shape index (κ2) is 14.1. The Kier molecular flexibility index (Phi) is 9.82. The van der Waals surface area contributed by atoms with Crippen molar-refractivity contribution in [2.45, 2.75) is 90.9 Å². The number of ether oxygens (including phenoxy) is 2. The Morgan fingerprint density at radius 3 is 1.31 bits per heavy atom. The fraction of sp³-hybridized carbons (Fsp3) is 0.421. The van der Waals surface area contributed by atoms with Crippen molar-refractivity contribution in [2.24, 2.45) is 0 Å². The van der Waals surface area contributed by atoms with Crippen LogP contribution in [0.3, 0.4) is 0 Å². The van der Waals surface area contributed by atoms with Crippen molar-refractivity contribution >= 4 is 75.2 Å². The van der Waals surface area contributed by atoms with E-state index in [1.165, 1.54) is 117 Å². The topological polar surface area (TPSA) is 18.5 Å². The molecule has 6 aromatic rings. The molecule has 4 heteroatoms. The maximum atomic E-state index is 6.17. The third-order valence-electron chi connectivity index (χ3n) is 8.55. The van der Waals surface area contributed by atoms with Gasteiger partial charge in [-0.2, -0.15) is 0 Å². The molecule has 0 radical (unpaired) electrons. The van der Waals surface area contributed by atoms with Crippen molar-refractivity contribution in [3.05, 3.63) is 60.7 Å². The third kappa shape index (κ3) is 6.71. The number of fused-ring (bicyclic) bond motifs is 7. The second-order valence-electron chi connectivity index (χ2n) is 11.8. The van der Waals surface area contributed by atoms with E-state index in [-0.39, 0.29) is 0 Å². The number of thiophene rings is 2. The highest BCUT2D eigenvalue weighted by molar-refractivity contribution is 7.21. The molecule has 0 atom stereocenters. The Hall–Kier alpha value is -2.82. The Labute approximate surface area is 258 Å². The molecule has 0 unspecified atom stereocenters. The van der Waals surface area contributed by atoms with Crippen molar-refractivity contribution in [1.29, 1.82) is 0 Å². The molecule has 2 heterocycles. The van der Waals surface area contributed by atoms with Gasteiger partial charge in [0, 0.05) is 9.40 Å². The fourth-order valence-electron chi connectivity index (χ4n) is 6.15. The normalized spacial score (nSPS) is 12.0. The largest absolute Gasteiger partial charge is 0.484 e. The third-order valence-corrected chi connectivity index (χ3v) is 10.6. The van der Waals surface area contributed by atoms with E-state index in [1.54, 1.807) is 22.7 Å². The van der Waals surface area contributed by atoms with E-state index in [9.17, 15) is 0 Å². The first-order chi connectivity index (χ1) is 20.7. The maximum absolute atomic E-state index is 6.17. The van der Waals surface area contributed by atoms with E-state index in [4.69, 9.17) is 9.47 Å². The summed E-state index contributed by atoms with van der Waals surface area (Å²) in [5.41, 5.74) is 0. The highest BCUT2D eigenvalue weighted by Crippen LogP contribution is 2.40. The lowest BCUT2D eigenvalue weighted by Gasteiger charge is -2.08. The van der Waals surface area contributed by atoms with Gasteiger partial charge in [-0.05, 0) is 92.3 Å². The molecule has 0 aliphatic heterocycles. The van der Waals surface area contributed by atoms with Crippen LogP contribution in [0.25, 0.3) is 52.5 Å². The molecule has 0 amide bonds. The Balaban J connectivity index is 1.20. The highest BCUT2D eigenvalue weighted by Gasteiger charge is 2.11. The van der Waals surface area contributed by atoms with Gasteiger partial charge in [0.1, 0.15) is 0 Å². The summed E-state index contributed by atoms with van der Waals surface area (Å²) < 4.78 is 14.9. The molecule has 2 nitrogen and oxygen atoms in total. The second-order valence-corrected chi connectivity index (χ2v) is 13.9. The highest BCUT2D eigenvalue weighted by atomic mass is 32.1. The quantitative estimate of drug-likeness (QED) is 0.0817. The molecule has 4 aromatic carbocycles. The number of hydrogen-bond donors (Lipinski definition) is 0. The number of unbranched alkanes of at least 4 members (excludes halogenated alkanes) is 10. The summed E-state index contributed by atoms with van der Waals surface area (Å²) in [6, 6.07) is 23.1. The zero-order valence-electron chi connectivity index (χ0n) is 25.3. The minimum absolute atomic E-state index is 0.816. The van der Waals surface area contributed by atoms with Crippen LogP contribution in [0.2, 0.25) is 0 Å².